The van der Waals surface area contributed by atoms with Crippen molar-refractivity contribution in [1.29, 1.82) is 5.41 Å². The van der Waals surface area contributed by atoms with Crippen LogP contribution in [0.2, 0.25) is 0 Å². The first-order valence-electron chi connectivity index (χ1n) is 8.93. The molecule has 26 heavy (non-hydrogen) atoms. The highest BCUT2D eigenvalue weighted by Crippen LogP contribution is 2.30. The lowest BCUT2D eigenvalue weighted by Gasteiger charge is -2.23. The van der Waals surface area contributed by atoms with Gasteiger partial charge in [-0.2, -0.15) is 14.3 Å². The van der Waals surface area contributed by atoms with Gasteiger partial charge in [0.25, 0.3) is 0 Å². The van der Waals surface area contributed by atoms with Crippen molar-refractivity contribution in [1.82, 2.24) is 19.7 Å². The molecule has 1 aliphatic rings. The minimum Gasteiger partial charge on any atom is -0.395 e. The van der Waals surface area contributed by atoms with Crippen LogP contribution in [0.4, 0.5) is 11.8 Å². The number of allylic oxidation sites excluding steroid dienone is 1. The maximum atomic E-state index is 8.85. The van der Waals surface area contributed by atoms with E-state index in [0.29, 0.717) is 24.2 Å². The Hall–Kier alpha value is -2.26. The minimum absolute atomic E-state index is 0.0276. The van der Waals surface area contributed by atoms with E-state index in [4.69, 9.17) is 10.5 Å². The van der Waals surface area contributed by atoms with Crippen LogP contribution in [0.15, 0.2) is 11.9 Å². The summed E-state index contributed by atoms with van der Waals surface area (Å²) in [7, 11) is 0. The molecule has 0 spiro atoms. The second-order valence-corrected chi connectivity index (χ2v) is 7.12. The lowest BCUT2D eigenvalue weighted by Crippen LogP contribution is -2.23. The number of aryl methyl sites for hydroxylation is 1. The molecule has 2 heterocycles. The van der Waals surface area contributed by atoms with Crippen LogP contribution in [-0.4, -0.2) is 44.9 Å². The van der Waals surface area contributed by atoms with Crippen molar-refractivity contribution in [2.75, 3.05) is 23.8 Å². The van der Waals surface area contributed by atoms with Crippen molar-refractivity contribution < 1.29 is 5.11 Å². The Morgan fingerprint density at radius 3 is 2.85 bits per heavy atom. The number of rotatable bonds is 8. The van der Waals surface area contributed by atoms with Gasteiger partial charge in [0.05, 0.1) is 23.4 Å². The van der Waals surface area contributed by atoms with Crippen LogP contribution in [0.25, 0.3) is 10.2 Å². The SMILES string of the molecule is Cc1nsc2nc(N/C(C=N)=C/NCCO)nc(NC3CCCCC3)c12. The van der Waals surface area contributed by atoms with Crippen LogP contribution < -0.4 is 16.0 Å². The van der Waals surface area contributed by atoms with Crippen molar-refractivity contribution in [3.05, 3.63) is 17.6 Å². The largest absolute Gasteiger partial charge is 0.395 e. The van der Waals surface area contributed by atoms with E-state index in [1.165, 1.54) is 37.0 Å². The number of aromatic nitrogens is 3. The molecule has 1 saturated carbocycles. The zero-order valence-electron chi connectivity index (χ0n) is 14.9. The number of aliphatic hydroxyl groups is 1. The molecule has 0 amide bonds. The van der Waals surface area contributed by atoms with Gasteiger partial charge >= 0.3 is 0 Å². The summed E-state index contributed by atoms with van der Waals surface area (Å²) >= 11 is 1.35. The summed E-state index contributed by atoms with van der Waals surface area (Å²) in [6.07, 6.45) is 8.91. The number of fused-ring (bicyclic) bond motifs is 1. The van der Waals surface area contributed by atoms with Crippen molar-refractivity contribution in [3.63, 3.8) is 0 Å². The molecule has 1 aliphatic carbocycles. The van der Waals surface area contributed by atoms with Gasteiger partial charge in [-0.25, -0.2) is 0 Å². The van der Waals surface area contributed by atoms with E-state index in [2.05, 4.69) is 30.3 Å². The molecule has 3 rings (SSSR count). The van der Waals surface area contributed by atoms with Gasteiger partial charge in [-0.15, -0.1) is 0 Å². The predicted octanol–water partition coefficient (Wildman–Crippen LogP) is 2.62. The van der Waals surface area contributed by atoms with Crippen LogP contribution >= 0.6 is 11.5 Å². The number of aliphatic hydroxyl groups excluding tert-OH is 1. The summed E-state index contributed by atoms with van der Waals surface area (Å²) in [5.74, 6) is 1.24. The third kappa shape index (κ3) is 4.47. The van der Waals surface area contributed by atoms with Crippen LogP contribution in [-0.2, 0) is 0 Å². The van der Waals surface area contributed by atoms with Gasteiger partial charge in [0.2, 0.25) is 5.95 Å². The minimum atomic E-state index is 0.0276. The fourth-order valence-corrected chi connectivity index (χ4v) is 3.86. The van der Waals surface area contributed by atoms with E-state index < -0.39 is 0 Å². The Kier molecular flexibility index (Phi) is 6.35. The molecule has 1 fully saturated rings. The summed E-state index contributed by atoms with van der Waals surface area (Å²) in [5, 5.41) is 26.9. The van der Waals surface area contributed by atoms with E-state index >= 15 is 0 Å². The molecular weight excluding hydrogens is 350 g/mol. The maximum absolute atomic E-state index is 8.85. The Morgan fingerprint density at radius 1 is 1.31 bits per heavy atom. The Labute approximate surface area is 156 Å². The van der Waals surface area contributed by atoms with Gasteiger partial charge in [0, 0.05) is 25.0 Å². The lowest BCUT2D eigenvalue weighted by atomic mass is 9.95. The van der Waals surface area contributed by atoms with Crippen molar-refractivity contribution >= 4 is 39.7 Å². The van der Waals surface area contributed by atoms with Gasteiger partial charge in [0.1, 0.15) is 5.82 Å². The van der Waals surface area contributed by atoms with E-state index in [1.54, 1.807) is 6.20 Å². The van der Waals surface area contributed by atoms with Gasteiger partial charge in [-0.3, -0.25) is 0 Å². The fourth-order valence-electron chi connectivity index (χ4n) is 3.08. The highest BCUT2D eigenvalue weighted by Gasteiger charge is 2.18. The number of nitrogens with one attached hydrogen (secondary N) is 4. The Balaban J connectivity index is 1.86. The van der Waals surface area contributed by atoms with Crippen LogP contribution in [0.1, 0.15) is 37.8 Å². The predicted molar refractivity (Wildman–Crippen MR) is 106 cm³/mol. The quantitative estimate of drug-likeness (QED) is 0.355. The zero-order chi connectivity index (χ0) is 18.4. The molecular formula is C17H25N7OS. The molecule has 9 heteroatoms. The highest BCUT2D eigenvalue weighted by molar-refractivity contribution is 7.13. The van der Waals surface area contributed by atoms with Crippen LogP contribution in [0.5, 0.6) is 0 Å². The molecule has 140 valence electrons. The second-order valence-electron chi connectivity index (χ2n) is 6.37. The number of hydrogen-bond donors (Lipinski definition) is 5. The van der Waals surface area contributed by atoms with Crippen molar-refractivity contribution in [2.45, 2.75) is 45.1 Å². The normalized spacial score (nSPS) is 15.8. The van der Waals surface area contributed by atoms with Gasteiger partial charge in [-0.05, 0) is 31.3 Å². The third-order valence-corrected chi connectivity index (χ3v) is 5.21. The monoisotopic (exact) mass is 375 g/mol. The number of nitrogens with zero attached hydrogens (tertiary/aromatic N) is 3. The lowest BCUT2D eigenvalue weighted by molar-refractivity contribution is 0.298. The van der Waals surface area contributed by atoms with Crippen molar-refractivity contribution in [2.24, 2.45) is 0 Å². The number of anilines is 2. The highest BCUT2D eigenvalue weighted by atomic mass is 32.1. The van der Waals surface area contributed by atoms with Gasteiger partial charge < -0.3 is 26.5 Å². The zero-order valence-corrected chi connectivity index (χ0v) is 15.7. The van der Waals surface area contributed by atoms with Crippen LogP contribution in [0, 0.1) is 12.3 Å². The molecule has 8 nitrogen and oxygen atoms in total. The van der Waals surface area contributed by atoms with E-state index in [1.807, 2.05) is 6.92 Å². The third-order valence-electron chi connectivity index (χ3n) is 4.38. The molecule has 0 saturated heterocycles. The topological polar surface area (TPSA) is 119 Å². The fraction of sp³-hybridized carbons (Fsp3) is 0.529. The second kappa shape index (κ2) is 8.91. The first-order chi connectivity index (χ1) is 12.7. The molecule has 0 aliphatic heterocycles. The van der Waals surface area contributed by atoms with Gasteiger partial charge in [0.15, 0.2) is 4.83 Å². The van der Waals surface area contributed by atoms with Crippen LogP contribution in [0.3, 0.4) is 0 Å². The van der Waals surface area contributed by atoms with E-state index in [-0.39, 0.29) is 6.61 Å². The summed E-state index contributed by atoms with van der Waals surface area (Å²) < 4.78 is 4.42. The average molecular weight is 376 g/mol. The molecule has 2 aromatic rings. The Morgan fingerprint density at radius 2 is 2.12 bits per heavy atom. The number of hydrogen-bond acceptors (Lipinski definition) is 9. The molecule has 2 aromatic heterocycles. The maximum Gasteiger partial charge on any atom is 0.230 e. The molecule has 0 bridgehead atoms. The summed E-state index contributed by atoms with van der Waals surface area (Å²) in [6.45, 7) is 2.42. The summed E-state index contributed by atoms with van der Waals surface area (Å²) in [4.78, 5) is 10.0. The first kappa shape index (κ1) is 18.5. The van der Waals surface area contributed by atoms with E-state index in [0.717, 1.165) is 34.6 Å². The molecule has 0 atom stereocenters. The van der Waals surface area contributed by atoms with Crippen molar-refractivity contribution in [3.8, 4) is 0 Å². The molecule has 0 radical (unpaired) electrons. The molecule has 0 unspecified atom stereocenters. The van der Waals surface area contributed by atoms with E-state index in [9.17, 15) is 0 Å². The summed E-state index contributed by atoms with van der Waals surface area (Å²) in [5.41, 5.74) is 1.45. The van der Waals surface area contributed by atoms with Gasteiger partial charge in [-0.1, -0.05) is 19.3 Å². The first-order valence-corrected chi connectivity index (χ1v) is 9.71. The molecule has 5 N–H and O–H groups in total. The molecule has 0 aromatic carbocycles. The Bertz CT molecular complexity index is 783. The standard InChI is InChI=1S/C17H25N7OS/c1-11-14-15(20-12-5-3-2-4-6-12)22-17(23-16(14)26-24-11)21-13(9-18)10-19-7-8-25/h9-10,12,18-19,25H,2-8H2,1H3,(H2,20,21,22,23)/b13-10+,18-9?. The summed E-state index contributed by atoms with van der Waals surface area (Å²) in [6, 6.07) is 0.429. The smallest absolute Gasteiger partial charge is 0.230 e. The average Bonchev–Trinajstić information content (AvgIpc) is 3.03.